The van der Waals surface area contributed by atoms with E-state index in [1.807, 2.05) is 12.3 Å². The van der Waals surface area contributed by atoms with Gasteiger partial charge in [-0.3, -0.25) is 0 Å². The number of hydrogen-bond acceptors (Lipinski definition) is 6. The molecule has 0 amide bonds. The van der Waals surface area contributed by atoms with Crippen LogP contribution >= 0.6 is 0 Å². The fourth-order valence-electron chi connectivity index (χ4n) is 8.87. The van der Waals surface area contributed by atoms with E-state index in [0.29, 0.717) is 13.0 Å². The average Bonchev–Trinajstić information content (AvgIpc) is 3.46. The van der Waals surface area contributed by atoms with Crippen LogP contribution in [0.4, 0.5) is 0 Å². The van der Waals surface area contributed by atoms with E-state index >= 15 is 0 Å². The summed E-state index contributed by atoms with van der Waals surface area (Å²) in [6.45, 7) is 9.03. The lowest BCUT2D eigenvalue weighted by Crippen LogP contribution is -2.70. The van der Waals surface area contributed by atoms with Crippen LogP contribution in [0, 0.1) is 28.1 Å². The van der Waals surface area contributed by atoms with Gasteiger partial charge >= 0.3 is 0 Å². The molecule has 31 heavy (non-hydrogen) atoms. The Kier molecular flexibility index (Phi) is 4.11. The van der Waals surface area contributed by atoms with Crippen LogP contribution in [0.2, 0.25) is 0 Å². The number of rotatable bonds is 2. The second-order valence-corrected chi connectivity index (χ2v) is 11.4. The standard InChI is InChI=1S/C25H34O6/c1-12-14(13-5-6-29-10-13)7-15-19(12)25(4)16(9-26)24(3)18(28)8-17(27)23(2)11-30-20(21(23)24)22(25)31-15/h5-6,10,14-18,20-22,26-28H,7-9,11H2,1-4H3/t14-,15-,16-,17-,18+,20-,21+,22-,23-,24+,25-/m1/s1. The van der Waals surface area contributed by atoms with E-state index in [1.54, 1.807) is 6.26 Å². The van der Waals surface area contributed by atoms with Crippen molar-refractivity contribution in [2.24, 2.45) is 28.1 Å². The zero-order valence-electron chi connectivity index (χ0n) is 18.7. The Balaban J connectivity index is 1.53. The summed E-state index contributed by atoms with van der Waals surface area (Å²) in [5.41, 5.74) is 2.27. The van der Waals surface area contributed by atoms with Gasteiger partial charge in [0, 0.05) is 47.0 Å². The molecule has 0 radical (unpaired) electrons. The first kappa shape index (κ1) is 20.4. The molecule has 1 aromatic heterocycles. The van der Waals surface area contributed by atoms with Gasteiger partial charge in [-0.05, 0) is 30.5 Å². The monoisotopic (exact) mass is 430 g/mol. The van der Waals surface area contributed by atoms with Crippen molar-refractivity contribution in [3.05, 3.63) is 35.3 Å². The first-order valence-corrected chi connectivity index (χ1v) is 11.7. The normalized spacial score (nSPS) is 55.3. The summed E-state index contributed by atoms with van der Waals surface area (Å²) in [4.78, 5) is 0. The second-order valence-electron chi connectivity index (χ2n) is 11.4. The minimum absolute atomic E-state index is 0.0229. The van der Waals surface area contributed by atoms with Gasteiger partial charge in [0.25, 0.3) is 0 Å². The summed E-state index contributed by atoms with van der Waals surface area (Å²) < 4.78 is 18.5. The molecule has 6 nitrogen and oxygen atoms in total. The molecule has 2 aliphatic heterocycles. The Labute approximate surface area is 183 Å². The molecular weight excluding hydrogens is 396 g/mol. The SMILES string of the molecule is CC1=C2[C@@H](C[C@H]1c1ccoc1)O[C@@H]1[C@@H]3OC[C@]4(C)[C@H](O)C[C@H](O)[C@@](C)([C@@H]34)[C@@H](CO)[C@]21C. The first-order chi connectivity index (χ1) is 14.7. The van der Waals surface area contributed by atoms with Crippen LogP contribution in [0.5, 0.6) is 0 Å². The van der Waals surface area contributed by atoms with Crippen molar-refractivity contribution in [2.45, 2.75) is 77.0 Å². The lowest BCUT2D eigenvalue weighted by atomic mass is 9.40. The van der Waals surface area contributed by atoms with Crippen molar-refractivity contribution in [3.8, 4) is 0 Å². The van der Waals surface area contributed by atoms with Gasteiger partial charge in [0.1, 0.15) is 0 Å². The molecule has 4 fully saturated rings. The highest BCUT2D eigenvalue weighted by Crippen LogP contribution is 2.72. The van der Waals surface area contributed by atoms with Gasteiger partial charge in [0.05, 0.1) is 49.7 Å². The van der Waals surface area contributed by atoms with E-state index < -0.39 is 28.5 Å². The highest BCUT2D eigenvalue weighted by Gasteiger charge is 2.76. The molecule has 11 atom stereocenters. The summed E-state index contributed by atoms with van der Waals surface area (Å²) >= 11 is 0. The molecule has 1 aromatic rings. The van der Waals surface area contributed by atoms with Crippen LogP contribution in [0.3, 0.4) is 0 Å². The molecule has 5 aliphatic rings. The molecule has 3 aliphatic carbocycles. The van der Waals surface area contributed by atoms with E-state index in [-0.39, 0.29) is 42.7 Å². The van der Waals surface area contributed by atoms with E-state index in [1.165, 1.54) is 11.1 Å². The van der Waals surface area contributed by atoms with Crippen LogP contribution < -0.4 is 0 Å². The van der Waals surface area contributed by atoms with Gasteiger partial charge in [-0.25, -0.2) is 0 Å². The summed E-state index contributed by atoms with van der Waals surface area (Å²) in [6, 6.07) is 2.02. The Hall–Kier alpha value is -1.18. The van der Waals surface area contributed by atoms with Crippen molar-refractivity contribution < 1.29 is 29.2 Å². The molecule has 0 aromatic carbocycles. The number of ether oxygens (including phenoxy) is 2. The van der Waals surface area contributed by atoms with Gasteiger partial charge in [-0.1, -0.05) is 26.3 Å². The Morgan fingerprint density at radius 1 is 1.13 bits per heavy atom. The average molecular weight is 431 g/mol. The summed E-state index contributed by atoms with van der Waals surface area (Å²) in [5.74, 6) is -0.0135. The number of allylic oxidation sites excluding steroid dienone is 1. The third kappa shape index (κ3) is 2.17. The van der Waals surface area contributed by atoms with Crippen molar-refractivity contribution in [1.82, 2.24) is 0 Å². The Morgan fingerprint density at radius 3 is 2.58 bits per heavy atom. The third-order valence-electron chi connectivity index (χ3n) is 10.3. The molecule has 0 spiro atoms. The number of aliphatic hydroxyl groups excluding tert-OH is 3. The molecule has 0 unspecified atom stereocenters. The first-order valence-electron chi connectivity index (χ1n) is 11.7. The topological polar surface area (TPSA) is 92.3 Å². The lowest BCUT2D eigenvalue weighted by Gasteiger charge is -2.64. The maximum absolute atomic E-state index is 11.4. The molecule has 3 heterocycles. The molecule has 170 valence electrons. The molecule has 6 heteroatoms. The number of hydrogen-bond donors (Lipinski definition) is 3. The van der Waals surface area contributed by atoms with Gasteiger partial charge in [-0.15, -0.1) is 0 Å². The van der Waals surface area contributed by atoms with Crippen molar-refractivity contribution in [2.75, 3.05) is 13.2 Å². The van der Waals surface area contributed by atoms with E-state index in [2.05, 4.69) is 27.7 Å². The van der Waals surface area contributed by atoms with Crippen molar-refractivity contribution in [3.63, 3.8) is 0 Å². The Bertz CT molecular complexity index is 924. The second kappa shape index (κ2) is 6.23. The number of fused-ring (bicyclic) bond motifs is 4. The number of aliphatic hydroxyl groups is 3. The largest absolute Gasteiger partial charge is 0.472 e. The van der Waals surface area contributed by atoms with Crippen molar-refractivity contribution >= 4 is 0 Å². The summed E-state index contributed by atoms with van der Waals surface area (Å²) in [7, 11) is 0. The smallest absolute Gasteiger partial charge is 0.0943 e. The zero-order chi connectivity index (χ0) is 21.9. The zero-order valence-corrected chi connectivity index (χ0v) is 18.7. The van der Waals surface area contributed by atoms with Crippen LogP contribution in [-0.2, 0) is 9.47 Å². The molecule has 2 saturated carbocycles. The van der Waals surface area contributed by atoms with Crippen LogP contribution in [0.1, 0.15) is 52.0 Å². The van der Waals surface area contributed by atoms with Crippen molar-refractivity contribution in [1.29, 1.82) is 0 Å². The van der Waals surface area contributed by atoms with Gasteiger partial charge in [0.15, 0.2) is 0 Å². The quantitative estimate of drug-likeness (QED) is 0.625. The highest BCUT2D eigenvalue weighted by molar-refractivity contribution is 5.45. The molecule has 0 bridgehead atoms. The summed E-state index contributed by atoms with van der Waals surface area (Å²) in [5, 5.41) is 33.1. The maximum atomic E-state index is 11.4. The Morgan fingerprint density at radius 2 is 1.90 bits per heavy atom. The molecule has 2 saturated heterocycles. The molecular formula is C25H34O6. The fourth-order valence-corrected chi connectivity index (χ4v) is 8.87. The van der Waals surface area contributed by atoms with E-state index in [9.17, 15) is 15.3 Å². The van der Waals surface area contributed by atoms with Crippen LogP contribution in [0.25, 0.3) is 0 Å². The highest BCUT2D eigenvalue weighted by atomic mass is 16.6. The van der Waals surface area contributed by atoms with Gasteiger partial charge < -0.3 is 29.2 Å². The minimum Gasteiger partial charge on any atom is -0.472 e. The number of furan rings is 1. The van der Waals surface area contributed by atoms with E-state index in [4.69, 9.17) is 13.9 Å². The van der Waals surface area contributed by atoms with Crippen LogP contribution in [-0.4, -0.2) is 59.1 Å². The van der Waals surface area contributed by atoms with Gasteiger partial charge in [-0.2, -0.15) is 0 Å². The summed E-state index contributed by atoms with van der Waals surface area (Å²) in [6.07, 6.45) is 2.96. The fraction of sp³-hybridized carbons (Fsp3) is 0.760. The molecule has 3 N–H and O–H groups in total. The lowest BCUT2D eigenvalue weighted by molar-refractivity contribution is -0.247. The molecule has 6 rings (SSSR count). The van der Waals surface area contributed by atoms with Gasteiger partial charge in [0.2, 0.25) is 0 Å². The maximum Gasteiger partial charge on any atom is 0.0943 e. The predicted molar refractivity (Wildman–Crippen MR) is 112 cm³/mol. The predicted octanol–water partition coefficient (Wildman–Crippen LogP) is 2.63. The third-order valence-corrected chi connectivity index (χ3v) is 10.3. The van der Waals surface area contributed by atoms with Crippen LogP contribution in [0.15, 0.2) is 34.2 Å². The van der Waals surface area contributed by atoms with E-state index in [0.717, 1.165) is 12.0 Å². The minimum atomic E-state index is -0.703.